The second-order valence-corrected chi connectivity index (χ2v) is 6.84. The van der Waals surface area contributed by atoms with Crippen LogP contribution in [0.3, 0.4) is 0 Å². The first kappa shape index (κ1) is 16.4. The molecule has 2 rings (SSSR count). The number of methoxy groups -OCH3 is 1. The molecule has 1 heterocycles. The molecular formula is C17H26N2OS. The van der Waals surface area contributed by atoms with Crippen LogP contribution in [-0.2, 0) is 11.2 Å². The van der Waals surface area contributed by atoms with Gasteiger partial charge in [-0.1, -0.05) is 26.0 Å². The third kappa shape index (κ3) is 5.06. The number of aromatic nitrogens is 1. The van der Waals surface area contributed by atoms with E-state index in [0.29, 0.717) is 12.0 Å². The summed E-state index contributed by atoms with van der Waals surface area (Å²) in [5.74, 6) is 0.568. The van der Waals surface area contributed by atoms with Crippen molar-refractivity contribution in [2.75, 3.05) is 20.3 Å². The van der Waals surface area contributed by atoms with Crippen LogP contribution in [0.1, 0.15) is 31.7 Å². The smallest absolute Gasteiger partial charge is 0.0954 e. The Morgan fingerprint density at radius 3 is 2.86 bits per heavy atom. The van der Waals surface area contributed by atoms with Crippen molar-refractivity contribution in [3.8, 4) is 0 Å². The molecule has 1 aromatic heterocycles. The van der Waals surface area contributed by atoms with Crippen LogP contribution in [0.4, 0.5) is 0 Å². The average Bonchev–Trinajstić information content (AvgIpc) is 2.87. The quantitative estimate of drug-likeness (QED) is 0.763. The van der Waals surface area contributed by atoms with Gasteiger partial charge >= 0.3 is 0 Å². The van der Waals surface area contributed by atoms with Crippen LogP contribution in [-0.4, -0.2) is 31.3 Å². The lowest BCUT2D eigenvalue weighted by atomic mass is 10.00. The summed E-state index contributed by atoms with van der Waals surface area (Å²) < 4.78 is 6.55. The van der Waals surface area contributed by atoms with Gasteiger partial charge in [-0.05, 0) is 37.4 Å². The Bertz CT molecular complexity index is 507. The number of nitrogens with one attached hydrogen (secondary N) is 1. The van der Waals surface area contributed by atoms with Crippen LogP contribution < -0.4 is 5.32 Å². The van der Waals surface area contributed by atoms with Gasteiger partial charge < -0.3 is 10.1 Å². The Labute approximate surface area is 131 Å². The molecule has 2 unspecified atom stereocenters. The molecule has 0 aliphatic heterocycles. The van der Waals surface area contributed by atoms with E-state index in [9.17, 15) is 0 Å². The molecule has 3 nitrogen and oxygen atoms in total. The summed E-state index contributed by atoms with van der Waals surface area (Å²) in [6.45, 7) is 6.35. The number of thiazole rings is 1. The number of fused-ring (bicyclic) bond motifs is 1. The molecule has 21 heavy (non-hydrogen) atoms. The molecule has 0 spiro atoms. The zero-order chi connectivity index (χ0) is 15.1. The third-order valence-corrected chi connectivity index (χ3v) is 4.64. The Morgan fingerprint density at radius 2 is 2.14 bits per heavy atom. The molecule has 0 aliphatic carbocycles. The van der Waals surface area contributed by atoms with Crippen LogP contribution in [0.5, 0.6) is 0 Å². The minimum atomic E-state index is 0.482. The van der Waals surface area contributed by atoms with E-state index in [1.165, 1.54) is 9.71 Å². The predicted molar refractivity (Wildman–Crippen MR) is 91.1 cm³/mol. The van der Waals surface area contributed by atoms with Gasteiger partial charge in [0.25, 0.3) is 0 Å². The first-order valence-corrected chi connectivity index (χ1v) is 8.61. The highest BCUT2D eigenvalue weighted by Crippen LogP contribution is 2.23. The van der Waals surface area contributed by atoms with Crippen molar-refractivity contribution in [1.29, 1.82) is 0 Å². The number of benzene rings is 1. The lowest BCUT2D eigenvalue weighted by Gasteiger charge is -2.21. The fourth-order valence-corrected chi connectivity index (χ4v) is 3.69. The monoisotopic (exact) mass is 306 g/mol. The normalized spacial score (nSPS) is 14.4. The Kier molecular flexibility index (Phi) is 6.61. The summed E-state index contributed by atoms with van der Waals surface area (Å²) in [6.07, 6.45) is 3.30. The summed E-state index contributed by atoms with van der Waals surface area (Å²) in [4.78, 5) is 4.76. The van der Waals surface area contributed by atoms with E-state index >= 15 is 0 Å². The van der Waals surface area contributed by atoms with Crippen LogP contribution in [0.2, 0.25) is 0 Å². The van der Waals surface area contributed by atoms with Gasteiger partial charge in [0.15, 0.2) is 0 Å². The minimum absolute atomic E-state index is 0.482. The molecule has 0 bridgehead atoms. The highest BCUT2D eigenvalue weighted by atomic mass is 32.1. The van der Waals surface area contributed by atoms with Crippen molar-refractivity contribution in [1.82, 2.24) is 10.3 Å². The first-order chi connectivity index (χ1) is 10.2. The molecule has 4 heteroatoms. The second-order valence-electron chi connectivity index (χ2n) is 5.73. The number of hydrogen-bond donors (Lipinski definition) is 1. The molecule has 0 radical (unpaired) electrons. The zero-order valence-electron chi connectivity index (χ0n) is 13.3. The van der Waals surface area contributed by atoms with Crippen LogP contribution in [0.25, 0.3) is 10.2 Å². The summed E-state index contributed by atoms with van der Waals surface area (Å²) in [5.41, 5.74) is 1.12. The molecular weight excluding hydrogens is 280 g/mol. The molecule has 0 saturated heterocycles. The van der Waals surface area contributed by atoms with E-state index in [2.05, 4.69) is 43.4 Å². The highest BCUT2D eigenvalue weighted by Gasteiger charge is 2.15. The van der Waals surface area contributed by atoms with Gasteiger partial charge in [-0.2, -0.15) is 0 Å². The van der Waals surface area contributed by atoms with Crippen LogP contribution in [0, 0.1) is 5.92 Å². The fourth-order valence-electron chi connectivity index (χ4n) is 2.64. The minimum Gasteiger partial charge on any atom is -0.384 e. The summed E-state index contributed by atoms with van der Waals surface area (Å²) >= 11 is 1.82. The summed E-state index contributed by atoms with van der Waals surface area (Å²) in [7, 11) is 1.78. The first-order valence-electron chi connectivity index (χ1n) is 7.79. The molecule has 0 saturated carbocycles. The largest absolute Gasteiger partial charge is 0.384 e. The number of para-hydroxylation sites is 1. The third-order valence-electron chi connectivity index (χ3n) is 3.58. The Balaban J connectivity index is 2.02. The molecule has 2 atom stereocenters. The van der Waals surface area contributed by atoms with Gasteiger partial charge in [0.05, 0.1) is 15.2 Å². The number of rotatable bonds is 9. The van der Waals surface area contributed by atoms with E-state index < -0.39 is 0 Å². The van der Waals surface area contributed by atoms with Gasteiger partial charge in [0, 0.05) is 26.2 Å². The molecule has 116 valence electrons. The van der Waals surface area contributed by atoms with Crippen molar-refractivity contribution < 1.29 is 4.74 Å². The van der Waals surface area contributed by atoms with E-state index in [-0.39, 0.29) is 0 Å². The predicted octanol–water partition coefficient (Wildman–Crippen LogP) is 3.88. The van der Waals surface area contributed by atoms with Crippen molar-refractivity contribution in [3.63, 3.8) is 0 Å². The SMILES string of the molecule is CCCNC(Cc1nc2ccccc2s1)CC(C)COC. The maximum atomic E-state index is 5.27. The molecule has 1 N–H and O–H groups in total. The molecule has 0 aliphatic rings. The molecule has 1 aromatic carbocycles. The maximum absolute atomic E-state index is 5.27. The maximum Gasteiger partial charge on any atom is 0.0954 e. The van der Waals surface area contributed by atoms with E-state index in [4.69, 9.17) is 9.72 Å². The van der Waals surface area contributed by atoms with Gasteiger partial charge in [-0.25, -0.2) is 4.98 Å². The van der Waals surface area contributed by atoms with Crippen molar-refractivity contribution in [3.05, 3.63) is 29.3 Å². The Morgan fingerprint density at radius 1 is 1.33 bits per heavy atom. The molecule has 0 amide bonds. The average molecular weight is 306 g/mol. The van der Waals surface area contributed by atoms with E-state index in [1.807, 2.05) is 11.3 Å². The zero-order valence-corrected chi connectivity index (χ0v) is 14.1. The van der Waals surface area contributed by atoms with Crippen LogP contribution in [0.15, 0.2) is 24.3 Å². The van der Waals surface area contributed by atoms with Gasteiger partial charge in [-0.15, -0.1) is 11.3 Å². The van der Waals surface area contributed by atoms with Gasteiger partial charge in [0.2, 0.25) is 0 Å². The highest BCUT2D eigenvalue weighted by molar-refractivity contribution is 7.18. The lowest BCUT2D eigenvalue weighted by Crippen LogP contribution is -2.34. The summed E-state index contributed by atoms with van der Waals surface area (Å²) in [5, 5.41) is 4.89. The lowest BCUT2D eigenvalue weighted by molar-refractivity contribution is 0.149. The van der Waals surface area contributed by atoms with Crippen molar-refractivity contribution in [2.24, 2.45) is 5.92 Å². The number of nitrogens with zero attached hydrogens (tertiary/aromatic N) is 1. The fraction of sp³-hybridized carbons (Fsp3) is 0.588. The van der Waals surface area contributed by atoms with Crippen molar-refractivity contribution in [2.45, 2.75) is 39.2 Å². The van der Waals surface area contributed by atoms with Crippen molar-refractivity contribution >= 4 is 21.6 Å². The number of hydrogen-bond acceptors (Lipinski definition) is 4. The second kappa shape index (κ2) is 8.47. The number of ether oxygens (including phenoxy) is 1. The van der Waals surface area contributed by atoms with Gasteiger partial charge in [0.1, 0.15) is 0 Å². The molecule has 2 aromatic rings. The topological polar surface area (TPSA) is 34.2 Å². The van der Waals surface area contributed by atoms with Crippen LogP contribution >= 0.6 is 11.3 Å². The van der Waals surface area contributed by atoms with Gasteiger partial charge in [-0.3, -0.25) is 0 Å². The standard InChI is InChI=1S/C17H26N2OS/c1-4-9-18-14(10-13(2)12-20-3)11-17-19-15-7-5-6-8-16(15)21-17/h5-8,13-14,18H,4,9-12H2,1-3H3. The van der Waals surface area contributed by atoms with E-state index in [0.717, 1.165) is 37.9 Å². The molecule has 0 fully saturated rings. The van der Waals surface area contributed by atoms with E-state index in [1.54, 1.807) is 7.11 Å². The Hall–Kier alpha value is -0.970. The summed E-state index contributed by atoms with van der Waals surface area (Å²) in [6, 6.07) is 8.86.